The van der Waals surface area contributed by atoms with E-state index in [1.807, 2.05) is 0 Å². The third-order valence-electron chi connectivity index (χ3n) is 2.67. The van der Waals surface area contributed by atoms with Gasteiger partial charge in [0.25, 0.3) is 0 Å². The number of ether oxygens (including phenoxy) is 1. The van der Waals surface area contributed by atoms with E-state index in [1.54, 1.807) is 31.3 Å². The normalized spacial score (nSPS) is 11.2. The van der Waals surface area contributed by atoms with Crippen LogP contribution in [0.1, 0.15) is 31.2 Å². The van der Waals surface area contributed by atoms with Crippen LogP contribution < -0.4 is 0 Å². The van der Waals surface area contributed by atoms with Gasteiger partial charge >= 0.3 is 5.97 Å². The maximum absolute atomic E-state index is 10.4. The summed E-state index contributed by atoms with van der Waals surface area (Å²) in [6.07, 6.45) is 1.96. The highest BCUT2D eigenvalue weighted by Crippen LogP contribution is 2.19. The van der Waals surface area contributed by atoms with Crippen molar-refractivity contribution in [3.05, 3.63) is 42.2 Å². The molecule has 0 fully saturated rings. The Balaban J connectivity index is 2.51. The van der Waals surface area contributed by atoms with E-state index in [0.717, 1.165) is 0 Å². The summed E-state index contributed by atoms with van der Waals surface area (Å²) in [5.74, 6) is 0.0823. The number of aromatic hydroxyl groups is 1. The van der Waals surface area contributed by atoms with E-state index >= 15 is 0 Å². The lowest BCUT2D eigenvalue weighted by atomic mass is 10.1. The molecule has 0 aromatic heterocycles. The van der Waals surface area contributed by atoms with Crippen molar-refractivity contribution in [2.24, 2.45) is 4.99 Å². The predicted molar refractivity (Wildman–Crippen MR) is 76.9 cm³/mol. The summed E-state index contributed by atoms with van der Waals surface area (Å²) in [5.41, 5.74) is 0.502. The zero-order valence-corrected chi connectivity index (χ0v) is 11.5. The number of allylic oxidation sites excluding steroid dienone is 1. The molecule has 108 valence electrons. The summed E-state index contributed by atoms with van der Waals surface area (Å²) < 4.78 is 5.52. The van der Waals surface area contributed by atoms with Gasteiger partial charge in [0.15, 0.2) is 0 Å². The first-order valence-corrected chi connectivity index (χ1v) is 6.37. The quantitative estimate of drug-likeness (QED) is 0.347. The standard InChI is InChI=1S/C15H19NO4/c1-11(7-3-6-10-14(18)19)20-15(16-2)12-8-4-5-9-13(12)17/h4-5,8-9,17H,1,3,6-7,10H2,2H3,(H,18,19). The van der Waals surface area contributed by atoms with Crippen molar-refractivity contribution >= 4 is 11.9 Å². The molecule has 0 heterocycles. The molecule has 1 aromatic rings. The Labute approximate surface area is 118 Å². The number of carboxylic acid groups (broad SMARTS) is 1. The molecular weight excluding hydrogens is 258 g/mol. The van der Waals surface area contributed by atoms with Crippen molar-refractivity contribution in [1.29, 1.82) is 0 Å². The van der Waals surface area contributed by atoms with E-state index in [0.29, 0.717) is 36.5 Å². The third kappa shape index (κ3) is 5.14. The monoisotopic (exact) mass is 277 g/mol. The van der Waals surface area contributed by atoms with E-state index in [4.69, 9.17) is 9.84 Å². The van der Waals surface area contributed by atoms with Gasteiger partial charge in [0.05, 0.1) is 11.3 Å². The highest BCUT2D eigenvalue weighted by Gasteiger charge is 2.10. The number of hydrogen-bond donors (Lipinski definition) is 2. The molecule has 5 heteroatoms. The number of carbonyl (C=O) groups is 1. The van der Waals surface area contributed by atoms with E-state index in [9.17, 15) is 9.90 Å². The second kappa shape index (κ2) is 7.99. The average molecular weight is 277 g/mol. The molecule has 0 unspecified atom stereocenters. The van der Waals surface area contributed by atoms with Crippen LogP contribution >= 0.6 is 0 Å². The highest BCUT2D eigenvalue weighted by atomic mass is 16.5. The third-order valence-corrected chi connectivity index (χ3v) is 2.67. The fourth-order valence-electron chi connectivity index (χ4n) is 1.66. The number of unbranched alkanes of at least 4 members (excludes halogenated alkanes) is 1. The van der Waals surface area contributed by atoms with Gasteiger partial charge in [-0.3, -0.25) is 9.79 Å². The fraction of sp³-hybridized carbons (Fsp3) is 0.333. The molecule has 0 aliphatic rings. The number of para-hydroxylation sites is 1. The van der Waals surface area contributed by atoms with Crippen LogP contribution in [0.2, 0.25) is 0 Å². The van der Waals surface area contributed by atoms with Crippen LogP contribution in [0.25, 0.3) is 0 Å². The SMILES string of the molecule is C=C(CCCCC(=O)O)OC(=NC)c1ccccc1O. The zero-order valence-electron chi connectivity index (χ0n) is 11.5. The number of phenolic OH excluding ortho intramolecular Hbond substituents is 1. The minimum absolute atomic E-state index is 0.0896. The minimum Gasteiger partial charge on any atom is -0.507 e. The minimum atomic E-state index is -0.804. The molecule has 0 atom stereocenters. The predicted octanol–water partition coefficient (Wildman–Crippen LogP) is 2.94. The number of aliphatic carboxylic acids is 1. The zero-order chi connectivity index (χ0) is 15.0. The van der Waals surface area contributed by atoms with Crippen LogP contribution in [0, 0.1) is 0 Å². The first kappa shape index (κ1) is 15.8. The summed E-state index contributed by atoms with van der Waals surface area (Å²) in [6.45, 7) is 3.78. The summed E-state index contributed by atoms with van der Waals surface area (Å²) in [5, 5.41) is 18.3. The van der Waals surface area contributed by atoms with Crippen molar-refractivity contribution in [2.75, 3.05) is 7.05 Å². The first-order valence-electron chi connectivity index (χ1n) is 6.37. The van der Waals surface area contributed by atoms with E-state index in [-0.39, 0.29) is 12.2 Å². The van der Waals surface area contributed by atoms with Crippen molar-refractivity contribution in [2.45, 2.75) is 25.7 Å². The van der Waals surface area contributed by atoms with Crippen LogP contribution in [0.3, 0.4) is 0 Å². The molecule has 0 radical (unpaired) electrons. The summed E-state index contributed by atoms with van der Waals surface area (Å²) in [6, 6.07) is 6.75. The molecule has 1 aromatic carbocycles. The number of aliphatic imine (C=N–C) groups is 1. The smallest absolute Gasteiger partial charge is 0.303 e. The molecule has 0 bridgehead atoms. The average Bonchev–Trinajstić information content (AvgIpc) is 2.42. The van der Waals surface area contributed by atoms with E-state index < -0.39 is 5.97 Å². The van der Waals surface area contributed by atoms with Gasteiger partial charge in [-0.05, 0) is 25.0 Å². The molecule has 0 amide bonds. The Hall–Kier alpha value is -2.30. The van der Waals surface area contributed by atoms with Gasteiger partial charge in [0.2, 0.25) is 5.90 Å². The number of rotatable bonds is 7. The van der Waals surface area contributed by atoms with Crippen molar-refractivity contribution < 1.29 is 19.7 Å². The lowest BCUT2D eigenvalue weighted by Gasteiger charge is -2.11. The summed E-state index contributed by atoms with van der Waals surface area (Å²) in [7, 11) is 1.57. The lowest BCUT2D eigenvalue weighted by Crippen LogP contribution is -2.07. The highest BCUT2D eigenvalue weighted by molar-refractivity contribution is 5.97. The van der Waals surface area contributed by atoms with Gasteiger partial charge in [-0.1, -0.05) is 18.7 Å². The van der Waals surface area contributed by atoms with Crippen molar-refractivity contribution in [3.8, 4) is 5.75 Å². The molecule has 2 N–H and O–H groups in total. The Morgan fingerprint density at radius 2 is 1.95 bits per heavy atom. The molecule has 0 saturated heterocycles. The summed E-state index contributed by atoms with van der Waals surface area (Å²) >= 11 is 0. The Bertz CT molecular complexity index is 508. The van der Waals surface area contributed by atoms with Gasteiger partial charge in [0, 0.05) is 19.9 Å². The van der Waals surface area contributed by atoms with Crippen LogP contribution in [0.4, 0.5) is 0 Å². The van der Waals surface area contributed by atoms with E-state index in [1.165, 1.54) is 0 Å². The topological polar surface area (TPSA) is 79.1 Å². The molecule has 1 rings (SSSR count). The van der Waals surface area contributed by atoms with Gasteiger partial charge in [-0.15, -0.1) is 0 Å². The number of benzene rings is 1. The maximum atomic E-state index is 10.4. The van der Waals surface area contributed by atoms with E-state index in [2.05, 4.69) is 11.6 Å². The van der Waals surface area contributed by atoms with Crippen LogP contribution in [0.5, 0.6) is 5.75 Å². The van der Waals surface area contributed by atoms with Crippen LogP contribution in [-0.4, -0.2) is 29.1 Å². The molecule has 0 aliphatic heterocycles. The number of hydrogen-bond acceptors (Lipinski definition) is 4. The molecular formula is C15H19NO4. The Morgan fingerprint density at radius 3 is 2.55 bits per heavy atom. The van der Waals surface area contributed by atoms with Crippen LogP contribution in [0.15, 0.2) is 41.6 Å². The van der Waals surface area contributed by atoms with Gasteiger partial charge in [-0.25, -0.2) is 0 Å². The number of carboxylic acids is 1. The molecule has 0 aliphatic carbocycles. The number of phenols is 1. The number of nitrogens with zero attached hydrogens (tertiary/aromatic N) is 1. The molecule has 20 heavy (non-hydrogen) atoms. The Kier molecular flexibility index (Phi) is 6.29. The van der Waals surface area contributed by atoms with Crippen molar-refractivity contribution in [3.63, 3.8) is 0 Å². The fourth-order valence-corrected chi connectivity index (χ4v) is 1.66. The second-order valence-corrected chi connectivity index (χ2v) is 4.29. The van der Waals surface area contributed by atoms with Gasteiger partial charge in [0.1, 0.15) is 5.75 Å². The lowest BCUT2D eigenvalue weighted by molar-refractivity contribution is -0.137. The summed E-state index contributed by atoms with van der Waals surface area (Å²) in [4.78, 5) is 14.4. The molecule has 0 spiro atoms. The van der Waals surface area contributed by atoms with Gasteiger partial charge in [-0.2, -0.15) is 0 Å². The molecule has 5 nitrogen and oxygen atoms in total. The largest absolute Gasteiger partial charge is 0.507 e. The maximum Gasteiger partial charge on any atom is 0.303 e. The van der Waals surface area contributed by atoms with Crippen LogP contribution in [-0.2, 0) is 9.53 Å². The Morgan fingerprint density at radius 1 is 1.30 bits per heavy atom. The first-order chi connectivity index (χ1) is 9.54. The second-order valence-electron chi connectivity index (χ2n) is 4.29. The van der Waals surface area contributed by atoms with Crippen molar-refractivity contribution in [1.82, 2.24) is 0 Å². The molecule has 0 saturated carbocycles. The van der Waals surface area contributed by atoms with Gasteiger partial charge < -0.3 is 14.9 Å².